The molecule has 1 aliphatic carbocycles. The van der Waals surface area contributed by atoms with Gasteiger partial charge in [-0.2, -0.15) is 0 Å². The number of aromatic nitrogens is 3. The molecule has 0 bridgehead atoms. The molecule has 5 nitrogen and oxygen atoms in total. The van der Waals surface area contributed by atoms with Crippen molar-refractivity contribution in [3.63, 3.8) is 0 Å². The third-order valence-electron chi connectivity index (χ3n) is 5.43. The molecule has 0 spiro atoms. The van der Waals surface area contributed by atoms with Gasteiger partial charge in [0, 0.05) is 12.2 Å². The fraction of sp³-hybridized carbons (Fsp3) is 0.625. The summed E-state index contributed by atoms with van der Waals surface area (Å²) in [4.78, 5) is 8.53. The lowest BCUT2D eigenvalue weighted by molar-refractivity contribution is 0.257. The van der Waals surface area contributed by atoms with Crippen molar-refractivity contribution in [2.24, 2.45) is 11.8 Å². The van der Waals surface area contributed by atoms with Crippen molar-refractivity contribution in [2.45, 2.75) is 38.1 Å². The normalized spacial score (nSPS) is 27.4. The Hall–Kier alpha value is -1.62. The van der Waals surface area contributed by atoms with Gasteiger partial charge in [0.25, 0.3) is 0 Å². The lowest BCUT2D eigenvalue weighted by atomic mass is 9.84. The minimum absolute atomic E-state index is 0.580. The maximum atomic E-state index is 5.94. The van der Waals surface area contributed by atoms with Gasteiger partial charge < -0.3 is 15.6 Å². The molecule has 21 heavy (non-hydrogen) atoms. The summed E-state index contributed by atoms with van der Waals surface area (Å²) in [5.74, 6) is 2.39. The van der Waals surface area contributed by atoms with Crippen molar-refractivity contribution in [2.75, 3.05) is 18.8 Å². The van der Waals surface area contributed by atoms with E-state index in [-0.39, 0.29) is 0 Å². The molecule has 0 amide bonds. The van der Waals surface area contributed by atoms with Gasteiger partial charge >= 0.3 is 0 Å². The second kappa shape index (κ2) is 5.30. The number of nitrogen functional groups attached to an aromatic ring is 1. The van der Waals surface area contributed by atoms with Crippen LogP contribution in [0.2, 0.25) is 0 Å². The highest BCUT2D eigenvalue weighted by Crippen LogP contribution is 2.42. The highest BCUT2D eigenvalue weighted by Gasteiger charge is 2.32. The van der Waals surface area contributed by atoms with E-state index in [4.69, 9.17) is 5.73 Å². The fourth-order valence-corrected chi connectivity index (χ4v) is 4.27. The summed E-state index contributed by atoms with van der Waals surface area (Å²) < 4.78 is 2.33. The molecule has 2 unspecified atom stereocenters. The number of hydrogen-bond donors (Lipinski definition) is 2. The van der Waals surface area contributed by atoms with Crippen LogP contribution in [0.25, 0.3) is 11.0 Å². The molecule has 1 aliphatic heterocycles. The van der Waals surface area contributed by atoms with Gasteiger partial charge in [0.15, 0.2) is 0 Å². The zero-order valence-electron chi connectivity index (χ0n) is 12.3. The zero-order valence-corrected chi connectivity index (χ0v) is 12.3. The third-order valence-corrected chi connectivity index (χ3v) is 5.43. The van der Waals surface area contributed by atoms with Gasteiger partial charge in [-0.25, -0.2) is 9.97 Å². The molecule has 3 N–H and O–H groups in total. The summed E-state index contributed by atoms with van der Waals surface area (Å²) in [5.41, 5.74) is 6.94. The van der Waals surface area contributed by atoms with E-state index in [1.165, 1.54) is 45.2 Å². The van der Waals surface area contributed by atoms with Crippen LogP contribution >= 0.6 is 0 Å². The number of rotatable bonds is 2. The summed E-state index contributed by atoms with van der Waals surface area (Å²) in [5, 5.41) is 4.46. The maximum absolute atomic E-state index is 5.94. The van der Waals surface area contributed by atoms with Gasteiger partial charge in [0.1, 0.15) is 17.8 Å². The first-order valence-corrected chi connectivity index (χ1v) is 8.10. The lowest BCUT2D eigenvalue weighted by Gasteiger charge is -2.28. The quantitative estimate of drug-likeness (QED) is 0.888. The molecule has 0 aromatic carbocycles. The molecular weight excluding hydrogens is 262 g/mol. The van der Waals surface area contributed by atoms with Crippen LogP contribution in [0.5, 0.6) is 0 Å². The van der Waals surface area contributed by atoms with Crippen molar-refractivity contribution >= 4 is 16.9 Å². The number of hydrogen-bond acceptors (Lipinski definition) is 4. The molecule has 2 aromatic heterocycles. The second-order valence-corrected chi connectivity index (χ2v) is 6.53. The van der Waals surface area contributed by atoms with E-state index in [1.54, 1.807) is 6.33 Å². The van der Waals surface area contributed by atoms with E-state index in [2.05, 4.69) is 32.1 Å². The van der Waals surface area contributed by atoms with Crippen LogP contribution in [0, 0.1) is 11.8 Å². The summed E-state index contributed by atoms with van der Waals surface area (Å²) in [6.45, 7) is 2.39. The zero-order chi connectivity index (χ0) is 14.2. The lowest BCUT2D eigenvalue weighted by Crippen LogP contribution is -2.31. The fourth-order valence-electron chi connectivity index (χ4n) is 4.27. The predicted octanol–water partition coefficient (Wildman–Crippen LogP) is 2.35. The topological polar surface area (TPSA) is 68.8 Å². The number of fused-ring (bicyclic) bond motifs is 1. The molecule has 4 rings (SSSR count). The number of piperidine rings is 1. The van der Waals surface area contributed by atoms with E-state index >= 15 is 0 Å². The first kappa shape index (κ1) is 13.1. The Morgan fingerprint density at radius 2 is 1.95 bits per heavy atom. The van der Waals surface area contributed by atoms with Crippen molar-refractivity contribution in [1.29, 1.82) is 0 Å². The van der Waals surface area contributed by atoms with Gasteiger partial charge in [-0.1, -0.05) is 0 Å². The molecule has 112 valence electrons. The Morgan fingerprint density at radius 3 is 2.81 bits per heavy atom. The largest absolute Gasteiger partial charge is 0.383 e. The maximum Gasteiger partial charge on any atom is 0.145 e. The van der Waals surface area contributed by atoms with Crippen molar-refractivity contribution in [3.05, 3.63) is 18.6 Å². The molecular formula is C16H23N5. The average Bonchev–Trinajstić information content (AvgIpc) is 3.15. The first-order valence-electron chi connectivity index (χ1n) is 8.10. The molecule has 1 saturated heterocycles. The minimum Gasteiger partial charge on any atom is -0.383 e. The molecule has 5 heteroatoms. The van der Waals surface area contributed by atoms with Crippen LogP contribution in [0.4, 0.5) is 5.82 Å². The summed E-state index contributed by atoms with van der Waals surface area (Å²) >= 11 is 0. The van der Waals surface area contributed by atoms with E-state index in [1.807, 2.05) is 0 Å². The Bertz CT molecular complexity index is 629. The van der Waals surface area contributed by atoms with Gasteiger partial charge in [0.2, 0.25) is 0 Å². The van der Waals surface area contributed by atoms with Crippen molar-refractivity contribution < 1.29 is 0 Å². The van der Waals surface area contributed by atoms with Crippen molar-refractivity contribution in [1.82, 2.24) is 19.9 Å². The van der Waals surface area contributed by atoms with Gasteiger partial charge in [0.05, 0.1) is 5.39 Å². The number of nitrogens with zero attached hydrogens (tertiary/aromatic N) is 3. The standard InChI is InChI=1S/C16H23N5/c17-15-14-5-8-21(16(14)20-10-19-15)13-2-1-12(9-13)11-3-6-18-7-4-11/h5,8,10-13,18H,1-4,6-7,9H2,(H2,17,19,20). The monoisotopic (exact) mass is 285 g/mol. The van der Waals surface area contributed by atoms with Gasteiger partial charge in [-0.3, -0.25) is 0 Å². The predicted molar refractivity (Wildman–Crippen MR) is 83.9 cm³/mol. The highest BCUT2D eigenvalue weighted by molar-refractivity contribution is 5.86. The van der Waals surface area contributed by atoms with E-state index < -0.39 is 0 Å². The van der Waals surface area contributed by atoms with E-state index in [9.17, 15) is 0 Å². The Labute approximate surface area is 124 Å². The number of nitrogens with two attached hydrogens (primary N) is 1. The first-order chi connectivity index (χ1) is 10.3. The number of nitrogens with one attached hydrogen (secondary N) is 1. The summed E-state index contributed by atoms with van der Waals surface area (Å²) in [6.07, 6.45) is 10.3. The third kappa shape index (κ3) is 2.29. The molecule has 3 heterocycles. The van der Waals surface area contributed by atoms with Gasteiger partial charge in [-0.15, -0.1) is 0 Å². The van der Waals surface area contributed by atoms with E-state index in [0.29, 0.717) is 11.9 Å². The van der Waals surface area contributed by atoms with Crippen LogP contribution in [0.15, 0.2) is 18.6 Å². The molecule has 2 aliphatic rings. The average molecular weight is 285 g/mol. The minimum atomic E-state index is 0.580. The Kier molecular flexibility index (Phi) is 3.30. The second-order valence-electron chi connectivity index (χ2n) is 6.53. The van der Waals surface area contributed by atoms with Crippen LogP contribution in [-0.4, -0.2) is 27.6 Å². The van der Waals surface area contributed by atoms with Crippen molar-refractivity contribution in [3.8, 4) is 0 Å². The molecule has 2 atom stereocenters. The SMILES string of the molecule is Nc1ncnc2c1ccn2C1CCC(C2CCNCC2)C1. The molecule has 1 saturated carbocycles. The highest BCUT2D eigenvalue weighted by atomic mass is 15.1. The summed E-state index contributed by atoms with van der Waals surface area (Å²) in [6, 6.07) is 2.64. The van der Waals surface area contributed by atoms with Crippen LogP contribution in [0.1, 0.15) is 38.1 Å². The van der Waals surface area contributed by atoms with Crippen LogP contribution in [0.3, 0.4) is 0 Å². The van der Waals surface area contributed by atoms with Crippen LogP contribution < -0.4 is 11.1 Å². The smallest absolute Gasteiger partial charge is 0.145 e. The molecule has 2 aromatic rings. The summed E-state index contributed by atoms with van der Waals surface area (Å²) in [7, 11) is 0. The van der Waals surface area contributed by atoms with Crippen LogP contribution in [-0.2, 0) is 0 Å². The Morgan fingerprint density at radius 1 is 1.10 bits per heavy atom. The van der Waals surface area contributed by atoms with Gasteiger partial charge in [-0.05, 0) is 63.1 Å². The van der Waals surface area contributed by atoms with E-state index in [0.717, 1.165) is 22.9 Å². The number of anilines is 1. The molecule has 2 fully saturated rings. The molecule has 0 radical (unpaired) electrons. The Balaban J connectivity index is 1.55.